The van der Waals surface area contributed by atoms with Gasteiger partial charge in [0.15, 0.2) is 0 Å². The van der Waals surface area contributed by atoms with Crippen LogP contribution in [0.25, 0.3) is 0 Å². The zero-order chi connectivity index (χ0) is 10.7. The van der Waals surface area contributed by atoms with Crippen molar-refractivity contribution in [1.82, 2.24) is 0 Å². The zero-order valence-electron chi connectivity index (χ0n) is 8.84. The van der Waals surface area contributed by atoms with Gasteiger partial charge in [0, 0.05) is 10.5 Å². The number of rotatable bonds is 3. The lowest BCUT2D eigenvalue weighted by Crippen LogP contribution is -2.19. The van der Waals surface area contributed by atoms with Crippen LogP contribution in [-0.4, -0.2) is 0 Å². The highest BCUT2D eigenvalue weighted by Crippen LogP contribution is 2.28. The van der Waals surface area contributed by atoms with E-state index in [1.165, 1.54) is 12.1 Å². The molecule has 1 rings (SSSR count). The van der Waals surface area contributed by atoms with Crippen LogP contribution in [0.3, 0.4) is 0 Å². The third kappa shape index (κ3) is 3.74. The summed E-state index contributed by atoms with van der Waals surface area (Å²) in [6.07, 6.45) is 0.990. The Morgan fingerprint density at radius 2 is 2.07 bits per heavy atom. The second-order valence-corrected chi connectivity index (χ2v) is 4.43. The summed E-state index contributed by atoms with van der Waals surface area (Å²) in [5.74, 6) is 0.120. The minimum absolute atomic E-state index is 0. The lowest BCUT2D eigenvalue weighted by molar-refractivity contribution is 0.453. The lowest BCUT2D eigenvalue weighted by Gasteiger charge is -2.19. The van der Waals surface area contributed by atoms with Crippen molar-refractivity contribution in [3.05, 3.63) is 34.1 Å². The summed E-state index contributed by atoms with van der Waals surface area (Å²) in [6.45, 7) is 4.15. The third-order valence-electron chi connectivity index (χ3n) is 2.57. The van der Waals surface area contributed by atoms with Gasteiger partial charge >= 0.3 is 0 Å². The normalized spacial score (nSPS) is 14.2. The van der Waals surface area contributed by atoms with Crippen LogP contribution in [0, 0.1) is 11.7 Å². The predicted molar refractivity (Wildman–Crippen MR) is 67.7 cm³/mol. The molecule has 0 spiro atoms. The molecule has 0 aliphatic heterocycles. The summed E-state index contributed by atoms with van der Waals surface area (Å²) < 4.78 is 13.9. The van der Waals surface area contributed by atoms with Crippen LogP contribution in [0.4, 0.5) is 4.39 Å². The van der Waals surface area contributed by atoms with Gasteiger partial charge in [-0.25, -0.2) is 4.39 Å². The summed E-state index contributed by atoms with van der Waals surface area (Å²) in [4.78, 5) is 0. The average Bonchev–Trinajstić information content (AvgIpc) is 2.19. The molecule has 0 fully saturated rings. The van der Waals surface area contributed by atoms with Crippen LogP contribution in [0.15, 0.2) is 22.7 Å². The maximum absolute atomic E-state index is 13.0. The lowest BCUT2D eigenvalue weighted by atomic mass is 9.93. The van der Waals surface area contributed by atoms with Crippen molar-refractivity contribution in [2.45, 2.75) is 26.3 Å². The first-order valence-corrected chi connectivity index (χ1v) is 5.56. The van der Waals surface area contributed by atoms with Gasteiger partial charge in [-0.05, 0) is 29.7 Å². The molecule has 1 aromatic rings. The van der Waals surface area contributed by atoms with Crippen LogP contribution < -0.4 is 5.73 Å². The van der Waals surface area contributed by atoms with E-state index in [-0.39, 0.29) is 24.3 Å². The third-order valence-corrected chi connectivity index (χ3v) is 3.30. The van der Waals surface area contributed by atoms with Crippen molar-refractivity contribution < 1.29 is 4.39 Å². The van der Waals surface area contributed by atoms with Crippen molar-refractivity contribution in [3.8, 4) is 0 Å². The first-order chi connectivity index (χ1) is 6.56. The van der Waals surface area contributed by atoms with E-state index in [9.17, 15) is 4.39 Å². The first kappa shape index (κ1) is 14.9. The predicted octanol–water partition coefficient (Wildman–Crippen LogP) is 4.06. The molecule has 0 amide bonds. The van der Waals surface area contributed by atoms with Crippen LogP contribution in [0.5, 0.6) is 0 Å². The summed E-state index contributed by atoms with van der Waals surface area (Å²) >= 11 is 3.38. The van der Waals surface area contributed by atoms with Crippen LogP contribution in [0.2, 0.25) is 0 Å². The van der Waals surface area contributed by atoms with E-state index in [4.69, 9.17) is 5.73 Å². The highest BCUT2D eigenvalue weighted by atomic mass is 79.9. The average molecular weight is 297 g/mol. The summed E-state index contributed by atoms with van der Waals surface area (Å²) in [7, 11) is 0. The molecule has 0 aromatic heterocycles. The van der Waals surface area contributed by atoms with Crippen LogP contribution in [0.1, 0.15) is 31.9 Å². The van der Waals surface area contributed by atoms with Gasteiger partial charge in [0.1, 0.15) is 5.82 Å². The Hall–Kier alpha value is -0.120. The summed E-state index contributed by atoms with van der Waals surface area (Å²) in [6, 6.07) is 4.52. The molecule has 0 saturated heterocycles. The van der Waals surface area contributed by atoms with E-state index in [1.807, 2.05) is 0 Å². The van der Waals surface area contributed by atoms with E-state index in [0.717, 1.165) is 16.5 Å². The topological polar surface area (TPSA) is 26.0 Å². The second-order valence-electron chi connectivity index (χ2n) is 3.58. The number of hydrogen-bond donors (Lipinski definition) is 1. The molecule has 0 radical (unpaired) electrons. The maximum Gasteiger partial charge on any atom is 0.123 e. The largest absolute Gasteiger partial charge is 0.324 e. The highest BCUT2D eigenvalue weighted by Gasteiger charge is 2.16. The van der Waals surface area contributed by atoms with E-state index in [1.54, 1.807) is 6.07 Å². The van der Waals surface area contributed by atoms with Gasteiger partial charge in [-0.3, -0.25) is 0 Å². The smallest absolute Gasteiger partial charge is 0.123 e. The molecular formula is C11H16BrClFN. The van der Waals surface area contributed by atoms with Crippen LogP contribution in [-0.2, 0) is 0 Å². The Balaban J connectivity index is 0.00000196. The fraction of sp³-hybridized carbons (Fsp3) is 0.455. The molecule has 0 saturated carbocycles. The fourth-order valence-corrected chi connectivity index (χ4v) is 1.84. The van der Waals surface area contributed by atoms with Gasteiger partial charge in [-0.2, -0.15) is 0 Å². The number of benzene rings is 1. The van der Waals surface area contributed by atoms with Gasteiger partial charge in [0.25, 0.3) is 0 Å². The molecule has 0 aliphatic carbocycles. The second kappa shape index (κ2) is 6.46. The molecule has 0 aliphatic rings. The molecule has 1 nitrogen and oxygen atoms in total. The maximum atomic E-state index is 13.0. The minimum atomic E-state index is -0.234. The molecule has 1 aromatic carbocycles. The van der Waals surface area contributed by atoms with Crippen molar-refractivity contribution in [1.29, 1.82) is 0 Å². The first-order valence-electron chi connectivity index (χ1n) is 4.76. The van der Waals surface area contributed by atoms with E-state index >= 15 is 0 Å². The highest BCUT2D eigenvalue weighted by molar-refractivity contribution is 9.10. The minimum Gasteiger partial charge on any atom is -0.324 e. The van der Waals surface area contributed by atoms with E-state index < -0.39 is 0 Å². The molecule has 15 heavy (non-hydrogen) atoms. The monoisotopic (exact) mass is 295 g/mol. The quantitative estimate of drug-likeness (QED) is 0.894. The van der Waals surface area contributed by atoms with E-state index in [2.05, 4.69) is 29.8 Å². The van der Waals surface area contributed by atoms with Gasteiger partial charge in [-0.15, -0.1) is 12.4 Å². The summed E-state index contributed by atoms with van der Waals surface area (Å²) in [5, 5.41) is 0. The number of nitrogens with two attached hydrogens (primary N) is 1. The standard InChI is InChI=1S/C11H15BrFN.ClH/c1-3-7(2)11(14)9-6-8(13)4-5-10(9)12;/h4-7,11H,3,14H2,1-2H3;1H/t7?,11-;/m1./s1. The van der Waals surface area contributed by atoms with Gasteiger partial charge in [0.05, 0.1) is 0 Å². The van der Waals surface area contributed by atoms with Crippen molar-refractivity contribution in [2.24, 2.45) is 11.7 Å². The molecule has 2 atom stereocenters. The zero-order valence-corrected chi connectivity index (χ0v) is 11.2. The number of halogens is 3. The van der Waals surface area contributed by atoms with Crippen molar-refractivity contribution in [3.63, 3.8) is 0 Å². The molecule has 1 unspecified atom stereocenters. The van der Waals surface area contributed by atoms with Gasteiger partial charge < -0.3 is 5.73 Å². The molecule has 4 heteroatoms. The molecule has 86 valence electrons. The number of hydrogen-bond acceptors (Lipinski definition) is 1. The van der Waals surface area contributed by atoms with Crippen molar-refractivity contribution in [2.75, 3.05) is 0 Å². The Kier molecular flexibility index (Phi) is 6.41. The molecule has 0 heterocycles. The van der Waals surface area contributed by atoms with Gasteiger partial charge in [0.2, 0.25) is 0 Å². The van der Waals surface area contributed by atoms with Crippen LogP contribution >= 0.6 is 28.3 Å². The summed E-state index contributed by atoms with van der Waals surface area (Å²) in [5.41, 5.74) is 6.87. The van der Waals surface area contributed by atoms with E-state index in [0.29, 0.717) is 5.92 Å². The van der Waals surface area contributed by atoms with Gasteiger partial charge in [-0.1, -0.05) is 36.2 Å². The Bertz CT molecular complexity index is 319. The fourth-order valence-electron chi connectivity index (χ4n) is 1.33. The molecule has 2 N–H and O–H groups in total. The van der Waals surface area contributed by atoms with Crippen molar-refractivity contribution >= 4 is 28.3 Å². The SMILES string of the molecule is CCC(C)[C@@H](N)c1cc(F)ccc1Br.Cl. The molecular weight excluding hydrogens is 280 g/mol. The Morgan fingerprint density at radius 1 is 1.47 bits per heavy atom. The Morgan fingerprint density at radius 3 is 2.60 bits per heavy atom. The Labute approximate surface area is 105 Å². The molecule has 0 bridgehead atoms.